The SMILES string of the molecule is Cc1ccc(C(=O)P(=O)(O)OC(=O)c2ccc(C)c(-c3ccccc3)c2)cc1. The maximum absolute atomic E-state index is 12.4. The Labute approximate surface area is 163 Å². The highest BCUT2D eigenvalue weighted by Gasteiger charge is 2.35. The molecule has 0 amide bonds. The van der Waals surface area contributed by atoms with Crippen molar-refractivity contribution in [1.29, 1.82) is 0 Å². The summed E-state index contributed by atoms with van der Waals surface area (Å²) in [6.07, 6.45) is 0. The Kier molecular flexibility index (Phi) is 5.59. The largest absolute Gasteiger partial charge is 0.450 e. The molecule has 0 aliphatic rings. The van der Waals surface area contributed by atoms with Crippen LogP contribution in [0.5, 0.6) is 0 Å². The van der Waals surface area contributed by atoms with Gasteiger partial charge in [-0.2, -0.15) is 0 Å². The fourth-order valence-electron chi connectivity index (χ4n) is 2.74. The molecule has 3 rings (SSSR count). The Morgan fingerprint density at radius 1 is 0.857 bits per heavy atom. The number of hydrogen-bond acceptors (Lipinski definition) is 4. The van der Waals surface area contributed by atoms with Crippen LogP contribution >= 0.6 is 7.60 Å². The quantitative estimate of drug-likeness (QED) is 0.605. The van der Waals surface area contributed by atoms with Crippen molar-refractivity contribution >= 4 is 19.1 Å². The molecule has 0 heterocycles. The zero-order chi connectivity index (χ0) is 20.3. The maximum Gasteiger partial charge on any atom is 0.450 e. The molecule has 0 fully saturated rings. The summed E-state index contributed by atoms with van der Waals surface area (Å²) in [6, 6.07) is 20.4. The summed E-state index contributed by atoms with van der Waals surface area (Å²) < 4.78 is 17.1. The lowest BCUT2D eigenvalue weighted by molar-refractivity contribution is 0.0700. The first kappa shape index (κ1) is 19.7. The Hall–Kier alpha value is -3.01. The predicted molar refractivity (Wildman–Crippen MR) is 107 cm³/mol. The zero-order valence-corrected chi connectivity index (χ0v) is 16.4. The zero-order valence-electron chi connectivity index (χ0n) is 15.5. The van der Waals surface area contributed by atoms with Crippen molar-refractivity contribution in [2.45, 2.75) is 13.8 Å². The molecule has 3 aromatic carbocycles. The van der Waals surface area contributed by atoms with Crippen LogP contribution in [0.25, 0.3) is 11.1 Å². The molecule has 6 heteroatoms. The van der Waals surface area contributed by atoms with Crippen LogP contribution in [0.15, 0.2) is 72.8 Å². The summed E-state index contributed by atoms with van der Waals surface area (Å²) in [7, 11) is -4.83. The van der Waals surface area contributed by atoms with Crippen LogP contribution < -0.4 is 0 Å². The van der Waals surface area contributed by atoms with Gasteiger partial charge in [0.05, 0.1) is 5.56 Å². The van der Waals surface area contributed by atoms with Crippen molar-refractivity contribution in [3.63, 3.8) is 0 Å². The molecule has 142 valence electrons. The minimum absolute atomic E-state index is 0.0121. The van der Waals surface area contributed by atoms with E-state index in [9.17, 15) is 19.0 Å². The minimum atomic E-state index is -4.83. The monoisotopic (exact) mass is 394 g/mol. The van der Waals surface area contributed by atoms with E-state index in [1.165, 1.54) is 18.2 Å². The molecule has 1 unspecified atom stereocenters. The molecular weight excluding hydrogens is 375 g/mol. The van der Waals surface area contributed by atoms with Gasteiger partial charge in [-0.3, -0.25) is 4.79 Å². The number of hydrogen-bond donors (Lipinski definition) is 1. The molecule has 1 atom stereocenters. The van der Waals surface area contributed by atoms with Crippen molar-refractivity contribution in [2.75, 3.05) is 0 Å². The van der Waals surface area contributed by atoms with Gasteiger partial charge in [-0.05, 0) is 42.7 Å². The predicted octanol–water partition coefficient (Wildman–Crippen LogP) is 5.15. The van der Waals surface area contributed by atoms with Crippen LogP contribution in [0.1, 0.15) is 31.8 Å². The molecule has 28 heavy (non-hydrogen) atoms. The molecule has 0 saturated carbocycles. The second-order valence-electron chi connectivity index (χ2n) is 6.47. The van der Waals surface area contributed by atoms with Gasteiger partial charge >= 0.3 is 13.6 Å². The van der Waals surface area contributed by atoms with E-state index in [2.05, 4.69) is 0 Å². The molecule has 1 N–H and O–H groups in total. The molecule has 0 aromatic heterocycles. The summed E-state index contributed by atoms with van der Waals surface area (Å²) in [5.41, 5.74) is 2.52. The minimum Gasteiger partial charge on any atom is -0.383 e. The first-order chi connectivity index (χ1) is 13.3. The number of benzene rings is 3. The van der Waals surface area contributed by atoms with Gasteiger partial charge < -0.3 is 9.42 Å². The van der Waals surface area contributed by atoms with Crippen LogP contribution in [0.2, 0.25) is 0 Å². The second-order valence-corrected chi connectivity index (χ2v) is 8.10. The molecule has 0 aliphatic carbocycles. The van der Waals surface area contributed by atoms with E-state index in [1.54, 1.807) is 24.3 Å². The molecule has 3 aromatic rings. The number of rotatable bonds is 5. The van der Waals surface area contributed by atoms with Crippen molar-refractivity contribution in [2.24, 2.45) is 0 Å². The Balaban J connectivity index is 1.85. The van der Waals surface area contributed by atoms with Crippen LogP contribution in [0.3, 0.4) is 0 Å². The molecule has 0 bridgehead atoms. The van der Waals surface area contributed by atoms with E-state index < -0.39 is 19.1 Å². The highest BCUT2D eigenvalue weighted by molar-refractivity contribution is 7.72. The van der Waals surface area contributed by atoms with E-state index in [-0.39, 0.29) is 11.1 Å². The fourth-order valence-corrected chi connectivity index (χ4v) is 3.63. The average Bonchev–Trinajstić information content (AvgIpc) is 2.68. The van der Waals surface area contributed by atoms with E-state index in [0.29, 0.717) is 0 Å². The van der Waals surface area contributed by atoms with E-state index >= 15 is 0 Å². The smallest absolute Gasteiger partial charge is 0.383 e. The van der Waals surface area contributed by atoms with E-state index in [0.717, 1.165) is 22.3 Å². The third-order valence-electron chi connectivity index (χ3n) is 4.32. The maximum atomic E-state index is 12.4. The molecule has 0 radical (unpaired) electrons. The Morgan fingerprint density at radius 3 is 2.11 bits per heavy atom. The molecular formula is C22H19O5P. The molecule has 5 nitrogen and oxygen atoms in total. The van der Waals surface area contributed by atoms with Crippen LogP contribution in [0, 0.1) is 13.8 Å². The van der Waals surface area contributed by atoms with Gasteiger partial charge in [-0.15, -0.1) is 0 Å². The summed E-state index contributed by atoms with van der Waals surface area (Å²) in [5, 5.41) is 0. The first-order valence-corrected chi connectivity index (χ1v) is 10.2. The standard InChI is InChI=1S/C22H19O5P/c1-15-8-11-18(12-9-15)22(24)28(25,26)27-21(23)19-13-10-16(2)20(14-19)17-6-4-3-5-7-17/h3-14H,1-2H3,(H,25,26). The van der Waals surface area contributed by atoms with Crippen LogP contribution in [-0.4, -0.2) is 16.4 Å². The van der Waals surface area contributed by atoms with Gasteiger partial charge in [0.15, 0.2) is 0 Å². The lowest BCUT2D eigenvalue weighted by Crippen LogP contribution is -2.10. The molecule has 0 aliphatic heterocycles. The molecule has 0 spiro atoms. The van der Waals surface area contributed by atoms with Crippen molar-refractivity contribution in [3.8, 4) is 11.1 Å². The van der Waals surface area contributed by atoms with Gasteiger partial charge in [-0.25, -0.2) is 9.36 Å². The van der Waals surface area contributed by atoms with Gasteiger partial charge in [0, 0.05) is 5.56 Å². The summed E-state index contributed by atoms with van der Waals surface area (Å²) in [5.74, 6) is -1.02. The second kappa shape index (κ2) is 7.93. The van der Waals surface area contributed by atoms with Gasteiger partial charge in [0.1, 0.15) is 0 Å². The van der Waals surface area contributed by atoms with Crippen molar-refractivity contribution in [3.05, 3.63) is 95.1 Å². The first-order valence-electron chi connectivity index (χ1n) is 8.62. The Bertz CT molecular complexity index is 1070. The highest BCUT2D eigenvalue weighted by atomic mass is 31.2. The van der Waals surface area contributed by atoms with Crippen molar-refractivity contribution < 1.29 is 23.6 Å². The third-order valence-corrected chi connectivity index (χ3v) is 5.50. The lowest BCUT2D eigenvalue weighted by atomic mass is 9.98. The van der Waals surface area contributed by atoms with Gasteiger partial charge in [0.25, 0.3) is 5.52 Å². The fraction of sp³-hybridized carbons (Fsp3) is 0.0909. The summed E-state index contributed by atoms with van der Waals surface area (Å²) in [6.45, 7) is 3.73. The number of carbonyl (C=O) groups is 2. The highest BCUT2D eigenvalue weighted by Crippen LogP contribution is 2.46. The van der Waals surface area contributed by atoms with Gasteiger partial charge in [-0.1, -0.05) is 66.2 Å². The Morgan fingerprint density at radius 2 is 1.46 bits per heavy atom. The topological polar surface area (TPSA) is 80.7 Å². The number of aryl methyl sites for hydroxylation is 2. The normalized spacial score (nSPS) is 12.8. The summed E-state index contributed by atoms with van der Waals surface area (Å²) >= 11 is 0. The third kappa shape index (κ3) is 4.28. The van der Waals surface area contributed by atoms with E-state index in [4.69, 9.17) is 4.52 Å². The lowest BCUT2D eigenvalue weighted by Gasteiger charge is -2.13. The van der Waals surface area contributed by atoms with E-state index in [1.807, 2.05) is 44.2 Å². The van der Waals surface area contributed by atoms with Crippen LogP contribution in [-0.2, 0) is 9.09 Å². The average molecular weight is 394 g/mol. The van der Waals surface area contributed by atoms with Crippen molar-refractivity contribution in [1.82, 2.24) is 0 Å². The molecule has 0 saturated heterocycles. The summed E-state index contributed by atoms with van der Waals surface area (Å²) in [4.78, 5) is 34.8. The van der Waals surface area contributed by atoms with Gasteiger partial charge in [0.2, 0.25) is 0 Å². The van der Waals surface area contributed by atoms with Crippen LogP contribution in [0.4, 0.5) is 0 Å². The number of carbonyl (C=O) groups excluding carboxylic acids is 2.